The summed E-state index contributed by atoms with van der Waals surface area (Å²) >= 11 is 0. The summed E-state index contributed by atoms with van der Waals surface area (Å²) in [5.41, 5.74) is 2.58. The van der Waals surface area contributed by atoms with E-state index in [1.807, 2.05) is 0 Å². The minimum atomic E-state index is -4.97. The first kappa shape index (κ1) is 33.4. The zero-order chi connectivity index (χ0) is 30.9. The predicted molar refractivity (Wildman–Crippen MR) is 155 cm³/mol. The van der Waals surface area contributed by atoms with Gasteiger partial charge in [-0.25, -0.2) is 4.79 Å². The number of carbonyl (C=O) groups excluding carboxylic acids is 2. The number of phenols is 1. The van der Waals surface area contributed by atoms with Crippen molar-refractivity contribution in [2.45, 2.75) is 124 Å². The van der Waals surface area contributed by atoms with Crippen LogP contribution in [0.2, 0.25) is 18.1 Å². The Labute approximate surface area is 244 Å². The number of halogens is 3. The minimum Gasteiger partial charge on any atom is -0.507 e. The molecule has 0 bridgehead atoms. The molecule has 1 aliphatic heterocycles. The number of fused-ring (bicyclic) bond motifs is 1. The highest BCUT2D eigenvalue weighted by Gasteiger charge is 2.45. The topological polar surface area (TPSA) is 76.1 Å². The molecule has 0 radical (unpaired) electrons. The Morgan fingerprint density at radius 2 is 1.66 bits per heavy atom. The number of rotatable bonds is 9. The molecule has 1 saturated carbocycles. The summed E-state index contributed by atoms with van der Waals surface area (Å²) in [4.78, 5) is 26.9. The number of amides is 1. The van der Waals surface area contributed by atoms with Crippen LogP contribution in [0, 0.1) is 31.6 Å². The minimum absolute atomic E-state index is 0.0978. The quantitative estimate of drug-likeness (QED) is 0.235. The van der Waals surface area contributed by atoms with Crippen molar-refractivity contribution < 1.29 is 37.0 Å². The molecular weight excluding hydrogens is 551 g/mol. The molecule has 0 unspecified atom stereocenters. The van der Waals surface area contributed by atoms with Crippen LogP contribution >= 0.6 is 0 Å². The smallest absolute Gasteiger partial charge is 0.471 e. The lowest BCUT2D eigenvalue weighted by atomic mass is 9.75. The lowest BCUT2D eigenvalue weighted by molar-refractivity contribution is -0.186. The van der Waals surface area contributed by atoms with Crippen LogP contribution in [0.4, 0.5) is 13.2 Å². The largest absolute Gasteiger partial charge is 0.507 e. The molecule has 232 valence electrons. The molecule has 1 aromatic rings. The summed E-state index contributed by atoms with van der Waals surface area (Å²) in [6, 6.07) is 2.37. The zero-order valence-electron chi connectivity index (χ0n) is 25.9. The van der Waals surface area contributed by atoms with Gasteiger partial charge in [0.1, 0.15) is 11.9 Å². The lowest BCUT2D eigenvalue weighted by Crippen LogP contribution is -2.44. The normalized spacial score (nSPS) is 22.4. The summed E-state index contributed by atoms with van der Waals surface area (Å²) in [7, 11) is -2.38. The van der Waals surface area contributed by atoms with E-state index in [2.05, 4.69) is 41.5 Å². The van der Waals surface area contributed by atoms with Gasteiger partial charge in [0.05, 0.1) is 0 Å². The number of benzene rings is 1. The van der Waals surface area contributed by atoms with Gasteiger partial charge in [0.25, 0.3) is 0 Å². The van der Waals surface area contributed by atoms with Crippen LogP contribution in [-0.2, 0) is 31.7 Å². The van der Waals surface area contributed by atoms with Gasteiger partial charge in [-0.1, -0.05) is 48.0 Å². The third-order valence-corrected chi connectivity index (χ3v) is 14.4. The molecule has 1 heterocycles. The molecule has 10 heteroatoms. The third kappa shape index (κ3) is 6.95. The van der Waals surface area contributed by atoms with Gasteiger partial charge in [-0.15, -0.1) is 0 Å². The van der Waals surface area contributed by atoms with Gasteiger partial charge in [-0.05, 0) is 91.2 Å². The Morgan fingerprint density at radius 3 is 2.20 bits per heavy atom. The third-order valence-electron chi connectivity index (χ3n) is 9.80. The fourth-order valence-corrected chi connectivity index (χ4v) is 9.53. The summed E-state index contributed by atoms with van der Waals surface area (Å²) in [6.45, 7) is 15.7. The van der Waals surface area contributed by atoms with Crippen LogP contribution < -0.4 is 0 Å². The van der Waals surface area contributed by atoms with Crippen molar-refractivity contribution in [1.82, 2.24) is 4.90 Å². The Bertz CT molecular complexity index is 1110. The number of aromatic hydroxyl groups is 1. The fraction of sp³-hybridized carbons (Fsp3) is 0.742. The average molecular weight is 600 g/mol. The first-order valence-electron chi connectivity index (χ1n) is 15.2. The Hall–Kier alpha value is -2.07. The number of hydrogen-bond donors (Lipinski definition) is 1. The molecule has 1 aliphatic carbocycles. The first-order chi connectivity index (χ1) is 19.1. The monoisotopic (exact) mass is 599 g/mol. The van der Waals surface area contributed by atoms with E-state index in [9.17, 15) is 27.9 Å². The van der Waals surface area contributed by atoms with E-state index >= 15 is 0 Å². The van der Waals surface area contributed by atoms with Crippen molar-refractivity contribution in [3.8, 4) is 5.75 Å². The number of alkyl halides is 3. The van der Waals surface area contributed by atoms with Crippen LogP contribution in [0.1, 0.15) is 94.7 Å². The van der Waals surface area contributed by atoms with E-state index in [0.717, 1.165) is 47.9 Å². The van der Waals surface area contributed by atoms with Gasteiger partial charge in [-0.3, -0.25) is 4.79 Å². The summed E-state index contributed by atoms with van der Waals surface area (Å²) in [5.74, 6) is -1.56. The van der Waals surface area contributed by atoms with Gasteiger partial charge in [0, 0.05) is 18.7 Å². The number of ether oxygens (including phenoxy) is 1. The van der Waals surface area contributed by atoms with Crippen molar-refractivity contribution in [2.24, 2.45) is 17.8 Å². The number of nitrogens with zero attached hydrogens (tertiary/aromatic N) is 1. The second-order valence-electron chi connectivity index (χ2n) is 12.5. The molecule has 3 rings (SSSR count). The van der Waals surface area contributed by atoms with E-state index < -0.39 is 32.5 Å². The molecule has 1 fully saturated rings. The SMILES string of the molecule is CC[Si](CC)(CC)O[C@H](C(=O)O[C@@H]1C[C@H](C)CC[C@H]1C(C)C)c1c(C)c2c(c(C)c1O)CN(C(=O)C(F)(F)F)CC2. The second kappa shape index (κ2) is 13.1. The van der Waals surface area contributed by atoms with Crippen molar-refractivity contribution >= 4 is 20.2 Å². The molecule has 1 N–H and O–H groups in total. The molecule has 0 aromatic heterocycles. The standard InChI is InChI=1S/C31H48F3NO5Si/c1-9-41(10-2,11-3)40-28(29(37)39-25-16-19(6)12-13-22(25)18(4)5)26-20(7)23-14-15-35(30(38)31(32,33)34)17-24(23)21(8)27(26)36/h18-19,22,25,28,36H,9-17H2,1-8H3/t19-,22+,25-,28+/m1/s1. The number of carbonyl (C=O) groups is 2. The first-order valence-corrected chi connectivity index (χ1v) is 17.7. The molecular formula is C31H48F3NO5Si. The number of phenolic OH excluding ortho intramolecular Hbond substituents is 1. The predicted octanol–water partition coefficient (Wildman–Crippen LogP) is 7.52. The van der Waals surface area contributed by atoms with E-state index in [1.54, 1.807) is 13.8 Å². The van der Waals surface area contributed by atoms with Crippen molar-refractivity contribution in [3.05, 3.63) is 27.8 Å². The Kier molecular flexibility index (Phi) is 10.6. The van der Waals surface area contributed by atoms with Crippen LogP contribution in [0.5, 0.6) is 5.75 Å². The maximum absolute atomic E-state index is 14.1. The summed E-state index contributed by atoms with van der Waals surface area (Å²) < 4.78 is 52.6. The molecule has 6 nitrogen and oxygen atoms in total. The van der Waals surface area contributed by atoms with Gasteiger partial charge in [-0.2, -0.15) is 13.2 Å². The van der Waals surface area contributed by atoms with Crippen LogP contribution in [0.15, 0.2) is 0 Å². The summed E-state index contributed by atoms with van der Waals surface area (Å²) in [5, 5.41) is 11.5. The molecule has 2 aliphatic rings. The molecule has 41 heavy (non-hydrogen) atoms. The Balaban J connectivity index is 2.09. The lowest BCUT2D eigenvalue weighted by Gasteiger charge is -2.39. The van der Waals surface area contributed by atoms with E-state index in [1.165, 1.54) is 0 Å². The van der Waals surface area contributed by atoms with Crippen molar-refractivity contribution in [1.29, 1.82) is 0 Å². The van der Waals surface area contributed by atoms with E-state index in [4.69, 9.17) is 9.16 Å². The van der Waals surface area contributed by atoms with Gasteiger partial charge in [0.15, 0.2) is 14.4 Å². The van der Waals surface area contributed by atoms with Gasteiger partial charge >= 0.3 is 18.1 Å². The van der Waals surface area contributed by atoms with Crippen molar-refractivity contribution in [2.75, 3.05) is 6.54 Å². The van der Waals surface area contributed by atoms with Gasteiger partial charge < -0.3 is 19.2 Å². The summed E-state index contributed by atoms with van der Waals surface area (Å²) in [6.07, 6.45) is -3.32. The highest BCUT2D eigenvalue weighted by Crippen LogP contribution is 2.44. The number of hydrogen-bond acceptors (Lipinski definition) is 5. The zero-order valence-corrected chi connectivity index (χ0v) is 26.9. The van der Waals surface area contributed by atoms with Crippen LogP contribution in [0.3, 0.4) is 0 Å². The van der Waals surface area contributed by atoms with Crippen LogP contribution in [-0.4, -0.2) is 49.0 Å². The maximum atomic E-state index is 14.1. The highest BCUT2D eigenvalue weighted by molar-refractivity contribution is 6.73. The molecule has 4 atom stereocenters. The molecule has 0 saturated heterocycles. The fourth-order valence-electron chi connectivity index (χ4n) is 6.82. The molecule has 1 aromatic carbocycles. The molecule has 1 amide bonds. The Morgan fingerprint density at radius 1 is 1.05 bits per heavy atom. The number of esters is 1. The highest BCUT2D eigenvalue weighted by atomic mass is 28.4. The molecule has 0 spiro atoms. The average Bonchev–Trinajstić information content (AvgIpc) is 2.92. The van der Waals surface area contributed by atoms with E-state index in [-0.39, 0.29) is 37.3 Å². The second-order valence-corrected chi connectivity index (χ2v) is 17.2. The van der Waals surface area contributed by atoms with Gasteiger partial charge in [0.2, 0.25) is 0 Å². The van der Waals surface area contributed by atoms with E-state index in [0.29, 0.717) is 34.1 Å². The van der Waals surface area contributed by atoms with Crippen molar-refractivity contribution in [3.63, 3.8) is 0 Å². The maximum Gasteiger partial charge on any atom is 0.471 e. The van der Waals surface area contributed by atoms with Crippen LogP contribution in [0.25, 0.3) is 0 Å².